The molecule has 0 saturated carbocycles. The number of fused-ring (bicyclic) bond motifs is 1. The molecule has 0 spiro atoms. The van der Waals surface area contributed by atoms with Gasteiger partial charge in [-0.15, -0.1) is 0 Å². The summed E-state index contributed by atoms with van der Waals surface area (Å²) >= 11 is 3.35. The first kappa shape index (κ1) is 19.0. The number of halogens is 1. The molecule has 0 bridgehead atoms. The molecule has 0 aliphatic carbocycles. The minimum Gasteiger partial charge on any atom is -0.368 e. The van der Waals surface area contributed by atoms with Crippen LogP contribution in [0, 0.1) is 5.92 Å². The van der Waals surface area contributed by atoms with Crippen LogP contribution in [0.15, 0.2) is 28.7 Å². The normalized spacial score (nSPS) is 23.2. The van der Waals surface area contributed by atoms with Crippen molar-refractivity contribution in [2.75, 3.05) is 13.2 Å². The summed E-state index contributed by atoms with van der Waals surface area (Å²) in [7, 11) is 0. The van der Waals surface area contributed by atoms with E-state index in [2.05, 4.69) is 21.2 Å². The van der Waals surface area contributed by atoms with Crippen LogP contribution in [0.1, 0.15) is 37.0 Å². The second kappa shape index (κ2) is 7.88. The van der Waals surface area contributed by atoms with Crippen LogP contribution in [0.2, 0.25) is 0 Å². The zero-order chi connectivity index (χ0) is 18.8. The van der Waals surface area contributed by atoms with Crippen molar-refractivity contribution in [3.63, 3.8) is 0 Å². The fraction of sp³-hybridized carbons (Fsp3) is 0.526. The third-order valence-electron chi connectivity index (χ3n) is 4.79. The Morgan fingerprint density at radius 1 is 1.38 bits per heavy atom. The van der Waals surface area contributed by atoms with Crippen molar-refractivity contribution in [1.29, 1.82) is 0 Å². The maximum atomic E-state index is 13.1. The van der Waals surface area contributed by atoms with Gasteiger partial charge in [-0.05, 0) is 37.0 Å². The number of ketones is 1. The highest BCUT2D eigenvalue weighted by atomic mass is 79.9. The van der Waals surface area contributed by atoms with Gasteiger partial charge in [0.2, 0.25) is 5.91 Å². The lowest BCUT2D eigenvalue weighted by atomic mass is 10.0. The molecular weight excluding hydrogens is 400 g/mol. The minimum absolute atomic E-state index is 0.0533. The molecule has 0 radical (unpaired) electrons. The van der Waals surface area contributed by atoms with E-state index < -0.39 is 12.1 Å². The molecule has 140 valence electrons. The molecule has 2 fully saturated rings. The monoisotopic (exact) mass is 422 g/mol. The van der Waals surface area contributed by atoms with Crippen LogP contribution in [0.25, 0.3) is 0 Å². The summed E-state index contributed by atoms with van der Waals surface area (Å²) in [6.07, 6.45) is 0.976. The summed E-state index contributed by atoms with van der Waals surface area (Å²) in [5.74, 6) is -0.327. The molecule has 2 aliphatic heterocycles. The summed E-state index contributed by atoms with van der Waals surface area (Å²) in [5.41, 5.74) is 0.487. The molecule has 1 N–H and O–H groups in total. The first-order chi connectivity index (χ1) is 12.4. The van der Waals surface area contributed by atoms with Crippen LogP contribution in [-0.4, -0.2) is 53.8 Å². The largest absolute Gasteiger partial charge is 0.368 e. The Balaban J connectivity index is 1.76. The van der Waals surface area contributed by atoms with Crippen molar-refractivity contribution >= 4 is 33.5 Å². The number of ether oxygens (including phenoxy) is 1. The van der Waals surface area contributed by atoms with Crippen molar-refractivity contribution in [1.82, 2.24) is 10.2 Å². The Labute approximate surface area is 161 Å². The number of hydrogen-bond acceptors (Lipinski definition) is 4. The van der Waals surface area contributed by atoms with E-state index in [-0.39, 0.29) is 36.2 Å². The highest BCUT2D eigenvalue weighted by Gasteiger charge is 2.48. The first-order valence-corrected chi connectivity index (χ1v) is 9.67. The Hall–Kier alpha value is -1.73. The number of likely N-dealkylation sites (tertiary alicyclic amines) is 1. The predicted molar refractivity (Wildman–Crippen MR) is 99.7 cm³/mol. The van der Waals surface area contributed by atoms with Crippen molar-refractivity contribution < 1.29 is 19.1 Å². The standard InChI is InChI=1S/C19H23BrN2O4/c1-11(2)8-14(21-18(24)12-4-3-5-13(20)9-12)19(25)22-7-6-16-17(22)15(23)10-26-16/h3-5,9,11,14,16-17H,6-8,10H2,1-2H3,(H,21,24). The predicted octanol–water partition coefficient (Wildman–Crippen LogP) is 2.16. The highest BCUT2D eigenvalue weighted by molar-refractivity contribution is 9.10. The second-order valence-electron chi connectivity index (χ2n) is 7.25. The van der Waals surface area contributed by atoms with Gasteiger partial charge < -0.3 is 15.0 Å². The fourth-order valence-electron chi connectivity index (χ4n) is 3.61. The van der Waals surface area contributed by atoms with E-state index in [4.69, 9.17) is 4.74 Å². The zero-order valence-electron chi connectivity index (χ0n) is 14.9. The molecule has 7 heteroatoms. The maximum Gasteiger partial charge on any atom is 0.251 e. The van der Waals surface area contributed by atoms with Gasteiger partial charge in [0.25, 0.3) is 5.91 Å². The third-order valence-corrected chi connectivity index (χ3v) is 5.29. The Morgan fingerprint density at radius 3 is 2.85 bits per heavy atom. The molecule has 1 aromatic carbocycles. The number of benzene rings is 1. The lowest BCUT2D eigenvalue weighted by molar-refractivity contribution is -0.138. The van der Waals surface area contributed by atoms with E-state index in [0.29, 0.717) is 24.9 Å². The fourth-order valence-corrected chi connectivity index (χ4v) is 4.01. The Bertz CT molecular complexity index is 721. The summed E-state index contributed by atoms with van der Waals surface area (Å²) in [6.45, 7) is 4.56. The third kappa shape index (κ3) is 3.99. The van der Waals surface area contributed by atoms with Gasteiger partial charge in [-0.1, -0.05) is 35.8 Å². The van der Waals surface area contributed by atoms with Crippen LogP contribution >= 0.6 is 15.9 Å². The van der Waals surface area contributed by atoms with E-state index in [1.165, 1.54) is 0 Å². The summed E-state index contributed by atoms with van der Waals surface area (Å²) in [5, 5.41) is 2.86. The van der Waals surface area contributed by atoms with Crippen molar-refractivity contribution in [2.45, 2.75) is 44.9 Å². The molecule has 26 heavy (non-hydrogen) atoms. The quantitative estimate of drug-likeness (QED) is 0.788. The first-order valence-electron chi connectivity index (χ1n) is 8.88. The van der Waals surface area contributed by atoms with Gasteiger partial charge in [-0.3, -0.25) is 14.4 Å². The van der Waals surface area contributed by atoms with E-state index >= 15 is 0 Å². The topological polar surface area (TPSA) is 75.7 Å². The molecule has 2 aliphatic rings. The Morgan fingerprint density at radius 2 is 2.15 bits per heavy atom. The van der Waals surface area contributed by atoms with Gasteiger partial charge >= 0.3 is 0 Å². The average Bonchev–Trinajstić information content (AvgIpc) is 3.16. The van der Waals surface area contributed by atoms with Crippen LogP contribution in [-0.2, 0) is 14.3 Å². The minimum atomic E-state index is -0.659. The summed E-state index contributed by atoms with van der Waals surface area (Å²) < 4.78 is 6.26. The molecule has 0 aromatic heterocycles. The number of hydrogen-bond donors (Lipinski definition) is 1. The molecular formula is C19H23BrN2O4. The maximum absolute atomic E-state index is 13.1. The lowest BCUT2D eigenvalue weighted by Gasteiger charge is -2.28. The van der Waals surface area contributed by atoms with Crippen molar-refractivity contribution in [3.8, 4) is 0 Å². The lowest BCUT2D eigenvalue weighted by Crippen LogP contribution is -2.52. The van der Waals surface area contributed by atoms with E-state index in [1.807, 2.05) is 19.9 Å². The number of Topliss-reactive ketones (excluding diaryl/α,β-unsaturated/α-hetero) is 1. The zero-order valence-corrected chi connectivity index (χ0v) is 16.5. The summed E-state index contributed by atoms with van der Waals surface area (Å²) in [6, 6.07) is 5.87. The molecule has 3 rings (SSSR count). The SMILES string of the molecule is CC(C)CC(NC(=O)c1cccc(Br)c1)C(=O)N1CCC2OCC(=O)C21. The average molecular weight is 423 g/mol. The molecule has 6 nitrogen and oxygen atoms in total. The molecule has 2 heterocycles. The summed E-state index contributed by atoms with van der Waals surface area (Å²) in [4.78, 5) is 39.4. The number of carbonyl (C=O) groups is 3. The number of nitrogens with one attached hydrogen (secondary N) is 1. The van der Waals surface area contributed by atoms with E-state index in [1.54, 1.807) is 23.1 Å². The van der Waals surface area contributed by atoms with Gasteiger partial charge in [-0.25, -0.2) is 0 Å². The molecule has 2 amide bonds. The smallest absolute Gasteiger partial charge is 0.251 e. The van der Waals surface area contributed by atoms with Crippen LogP contribution < -0.4 is 5.32 Å². The van der Waals surface area contributed by atoms with Gasteiger partial charge in [0, 0.05) is 16.6 Å². The van der Waals surface area contributed by atoms with Crippen molar-refractivity contribution in [3.05, 3.63) is 34.3 Å². The van der Waals surface area contributed by atoms with Gasteiger partial charge in [0.15, 0.2) is 5.78 Å². The van der Waals surface area contributed by atoms with Gasteiger partial charge in [-0.2, -0.15) is 0 Å². The number of nitrogens with zero attached hydrogens (tertiary/aromatic N) is 1. The van der Waals surface area contributed by atoms with E-state index in [9.17, 15) is 14.4 Å². The van der Waals surface area contributed by atoms with Crippen LogP contribution in [0.5, 0.6) is 0 Å². The molecule has 2 saturated heterocycles. The Kier molecular flexibility index (Phi) is 5.77. The molecule has 3 unspecified atom stereocenters. The number of amides is 2. The molecule has 3 atom stereocenters. The highest BCUT2D eigenvalue weighted by Crippen LogP contribution is 2.28. The van der Waals surface area contributed by atoms with Crippen molar-refractivity contribution in [2.24, 2.45) is 5.92 Å². The van der Waals surface area contributed by atoms with Crippen LogP contribution in [0.3, 0.4) is 0 Å². The van der Waals surface area contributed by atoms with Gasteiger partial charge in [0.1, 0.15) is 18.7 Å². The van der Waals surface area contributed by atoms with E-state index in [0.717, 1.165) is 4.47 Å². The number of carbonyl (C=O) groups excluding carboxylic acids is 3. The number of rotatable bonds is 5. The second-order valence-corrected chi connectivity index (χ2v) is 8.16. The molecule has 1 aromatic rings. The van der Waals surface area contributed by atoms with Crippen LogP contribution in [0.4, 0.5) is 0 Å². The van der Waals surface area contributed by atoms with Gasteiger partial charge in [0.05, 0.1) is 6.10 Å².